The van der Waals surface area contributed by atoms with Crippen molar-refractivity contribution in [3.63, 3.8) is 0 Å². The number of nitrogens with two attached hydrogens (primary N) is 1. The quantitative estimate of drug-likeness (QED) is 0.821. The zero-order valence-electron chi connectivity index (χ0n) is 10.7. The van der Waals surface area contributed by atoms with Crippen LogP contribution >= 0.6 is 0 Å². The van der Waals surface area contributed by atoms with Crippen LogP contribution in [0.15, 0.2) is 18.2 Å². The summed E-state index contributed by atoms with van der Waals surface area (Å²) in [4.78, 5) is 2.23. The zero-order chi connectivity index (χ0) is 13.2. The Labute approximate surface area is 109 Å². The van der Waals surface area contributed by atoms with Crippen LogP contribution in [0, 0.1) is 0 Å². The molecule has 0 spiro atoms. The molecule has 0 aliphatic carbocycles. The Morgan fingerprint density at radius 1 is 1.39 bits per heavy atom. The van der Waals surface area contributed by atoms with Crippen molar-refractivity contribution >= 4 is 21.2 Å². The van der Waals surface area contributed by atoms with E-state index in [1.807, 2.05) is 12.1 Å². The van der Waals surface area contributed by atoms with Gasteiger partial charge in [0.15, 0.2) is 0 Å². The normalized spacial score (nSPS) is 14.8. The molecule has 0 saturated carbocycles. The SMILES string of the molecule is CCS(=O)(=O)CCCN1CCc2c(N)cccc21. The molecule has 18 heavy (non-hydrogen) atoms. The molecular weight excluding hydrogens is 248 g/mol. The van der Waals surface area contributed by atoms with Crippen molar-refractivity contribution in [3.8, 4) is 0 Å². The van der Waals surface area contributed by atoms with E-state index in [4.69, 9.17) is 5.73 Å². The van der Waals surface area contributed by atoms with Crippen molar-refractivity contribution in [2.75, 3.05) is 35.2 Å². The first kappa shape index (κ1) is 13.2. The molecule has 0 aromatic heterocycles. The Bertz CT molecular complexity index is 526. The predicted molar refractivity (Wildman–Crippen MR) is 75.7 cm³/mol. The predicted octanol–water partition coefficient (Wildman–Crippen LogP) is 1.46. The van der Waals surface area contributed by atoms with E-state index < -0.39 is 9.84 Å². The molecule has 4 nitrogen and oxygen atoms in total. The fraction of sp³-hybridized carbons (Fsp3) is 0.538. The van der Waals surface area contributed by atoms with E-state index in [-0.39, 0.29) is 11.5 Å². The van der Waals surface area contributed by atoms with Crippen LogP contribution in [0.5, 0.6) is 0 Å². The van der Waals surface area contributed by atoms with Gasteiger partial charge in [0.25, 0.3) is 0 Å². The summed E-state index contributed by atoms with van der Waals surface area (Å²) in [5.74, 6) is 0.508. The van der Waals surface area contributed by atoms with Crippen LogP contribution in [0.3, 0.4) is 0 Å². The van der Waals surface area contributed by atoms with Gasteiger partial charge in [-0.2, -0.15) is 0 Å². The van der Waals surface area contributed by atoms with Crippen LogP contribution in [0.1, 0.15) is 18.9 Å². The van der Waals surface area contributed by atoms with Crippen molar-refractivity contribution in [1.29, 1.82) is 0 Å². The second kappa shape index (κ2) is 5.18. The Morgan fingerprint density at radius 2 is 2.17 bits per heavy atom. The van der Waals surface area contributed by atoms with Gasteiger partial charge in [-0.3, -0.25) is 0 Å². The number of nitrogen functional groups attached to an aromatic ring is 1. The minimum absolute atomic E-state index is 0.233. The molecule has 0 saturated heterocycles. The lowest BCUT2D eigenvalue weighted by molar-refractivity contribution is 0.594. The first-order chi connectivity index (χ1) is 8.53. The van der Waals surface area contributed by atoms with Crippen LogP contribution in [0.4, 0.5) is 11.4 Å². The minimum Gasteiger partial charge on any atom is -0.398 e. The number of anilines is 2. The number of rotatable bonds is 5. The number of nitrogens with zero attached hydrogens (tertiary/aromatic N) is 1. The van der Waals surface area contributed by atoms with Crippen molar-refractivity contribution < 1.29 is 8.42 Å². The highest BCUT2D eigenvalue weighted by Crippen LogP contribution is 2.31. The van der Waals surface area contributed by atoms with E-state index in [1.165, 1.54) is 11.3 Å². The van der Waals surface area contributed by atoms with Crippen LogP contribution in [0.2, 0.25) is 0 Å². The van der Waals surface area contributed by atoms with E-state index in [1.54, 1.807) is 6.92 Å². The molecule has 1 aromatic rings. The maximum Gasteiger partial charge on any atom is 0.150 e. The summed E-state index contributed by atoms with van der Waals surface area (Å²) in [6, 6.07) is 5.94. The molecule has 5 heteroatoms. The van der Waals surface area contributed by atoms with Crippen molar-refractivity contribution in [2.24, 2.45) is 0 Å². The van der Waals surface area contributed by atoms with Crippen LogP contribution in [0.25, 0.3) is 0 Å². The van der Waals surface area contributed by atoms with Crippen molar-refractivity contribution in [3.05, 3.63) is 23.8 Å². The molecule has 0 unspecified atom stereocenters. The van der Waals surface area contributed by atoms with Gasteiger partial charge in [0.05, 0.1) is 5.75 Å². The van der Waals surface area contributed by atoms with Gasteiger partial charge in [0.2, 0.25) is 0 Å². The molecule has 1 heterocycles. The Kier molecular flexibility index (Phi) is 3.80. The van der Waals surface area contributed by atoms with E-state index in [9.17, 15) is 8.42 Å². The van der Waals surface area contributed by atoms with Crippen molar-refractivity contribution in [1.82, 2.24) is 0 Å². The first-order valence-electron chi connectivity index (χ1n) is 6.36. The molecule has 1 aliphatic rings. The molecule has 1 aliphatic heterocycles. The molecule has 2 rings (SSSR count). The van der Waals surface area contributed by atoms with E-state index >= 15 is 0 Å². The Morgan fingerprint density at radius 3 is 2.89 bits per heavy atom. The third-order valence-corrected chi connectivity index (χ3v) is 5.27. The topological polar surface area (TPSA) is 63.4 Å². The number of sulfone groups is 1. The van der Waals surface area contributed by atoms with Crippen LogP contribution < -0.4 is 10.6 Å². The molecule has 100 valence electrons. The summed E-state index contributed by atoms with van der Waals surface area (Å²) in [5, 5.41) is 0. The van der Waals surface area contributed by atoms with Gasteiger partial charge < -0.3 is 10.6 Å². The molecule has 2 N–H and O–H groups in total. The van der Waals surface area contributed by atoms with Gasteiger partial charge in [-0.1, -0.05) is 13.0 Å². The molecular formula is C13H20N2O2S. The highest BCUT2D eigenvalue weighted by atomic mass is 32.2. The van der Waals surface area contributed by atoms with E-state index in [2.05, 4.69) is 11.0 Å². The molecule has 0 atom stereocenters. The van der Waals surface area contributed by atoms with Gasteiger partial charge in [0, 0.05) is 35.8 Å². The summed E-state index contributed by atoms with van der Waals surface area (Å²) < 4.78 is 22.9. The fourth-order valence-corrected chi connectivity index (χ4v) is 3.24. The number of benzene rings is 1. The van der Waals surface area contributed by atoms with Crippen LogP contribution in [-0.2, 0) is 16.3 Å². The van der Waals surface area contributed by atoms with Crippen LogP contribution in [-0.4, -0.2) is 33.0 Å². The summed E-state index contributed by atoms with van der Waals surface area (Å²) in [6.45, 7) is 3.42. The van der Waals surface area contributed by atoms with Gasteiger partial charge in [-0.15, -0.1) is 0 Å². The highest BCUT2D eigenvalue weighted by Gasteiger charge is 2.20. The molecule has 0 amide bonds. The van der Waals surface area contributed by atoms with E-state index in [0.717, 1.165) is 25.2 Å². The number of fused-ring (bicyclic) bond motifs is 1. The summed E-state index contributed by atoms with van der Waals surface area (Å²) >= 11 is 0. The van der Waals surface area contributed by atoms with Gasteiger partial charge in [-0.05, 0) is 25.0 Å². The standard InChI is InChI=1S/C13H20N2O2S/c1-2-18(16,17)10-4-8-15-9-7-11-12(14)5-3-6-13(11)15/h3,5-6H,2,4,7-10,14H2,1H3. The lowest BCUT2D eigenvalue weighted by Crippen LogP contribution is -2.24. The Hall–Kier alpha value is -1.23. The first-order valence-corrected chi connectivity index (χ1v) is 8.18. The second-order valence-electron chi connectivity index (χ2n) is 4.67. The third-order valence-electron chi connectivity index (χ3n) is 3.48. The molecule has 0 fully saturated rings. The van der Waals surface area contributed by atoms with Crippen molar-refractivity contribution in [2.45, 2.75) is 19.8 Å². The maximum atomic E-state index is 11.4. The van der Waals surface area contributed by atoms with E-state index in [0.29, 0.717) is 6.42 Å². The van der Waals surface area contributed by atoms with Gasteiger partial charge in [-0.25, -0.2) is 8.42 Å². The Balaban J connectivity index is 1.97. The number of hydrogen-bond acceptors (Lipinski definition) is 4. The maximum absolute atomic E-state index is 11.4. The summed E-state index contributed by atoms with van der Waals surface area (Å²) in [5.41, 5.74) is 9.15. The highest BCUT2D eigenvalue weighted by molar-refractivity contribution is 7.91. The smallest absolute Gasteiger partial charge is 0.150 e. The average molecular weight is 268 g/mol. The summed E-state index contributed by atoms with van der Waals surface area (Å²) in [6.07, 6.45) is 1.65. The molecule has 0 bridgehead atoms. The molecule has 1 aromatic carbocycles. The summed E-state index contributed by atoms with van der Waals surface area (Å²) in [7, 11) is -2.85. The average Bonchev–Trinajstić information content (AvgIpc) is 2.74. The third kappa shape index (κ3) is 2.77. The zero-order valence-corrected chi connectivity index (χ0v) is 11.5. The lowest BCUT2D eigenvalue weighted by Gasteiger charge is -2.19. The molecule has 0 radical (unpaired) electrons. The minimum atomic E-state index is -2.85. The monoisotopic (exact) mass is 268 g/mol. The lowest BCUT2D eigenvalue weighted by atomic mass is 10.1. The fourth-order valence-electron chi connectivity index (χ4n) is 2.38. The van der Waals surface area contributed by atoms with Gasteiger partial charge >= 0.3 is 0 Å². The largest absolute Gasteiger partial charge is 0.398 e. The van der Waals surface area contributed by atoms with Gasteiger partial charge in [0.1, 0.15) is 9.84 Å². The number of hydrogen-bond donors (Lipinski definition) is 1. The second-order valence-corrected chi connectivity index (χ2v) is 7.14.